The van der Waals surface area contributed by atoms with Crippen molar-refractivity contribution < 1.29 is 0 Å². The first-order chi connectivity index (χ1) is 7.13. The monoisotopic (exact) mass is 226 g/mol. The van der Waals surface area contributed by atoms with Gasteiger partial charge in [0.2, 0.25) is 0 Å². The van der Waals surface area contributed by atoms with Gasteiger partial charge in [-0.1, -0.05) is 23.7 Å². The van der Waals surface area contributed by atoms with E-state index in [-0.39, 0.29) is 0 Å². The van der Waals surface area contributed by atoms with E-state index in [1.807, 2.05) is 13.0 Å². The lowest BCUT2D eigenvalue weighted by atomic mass is 10.1. The summed E-state index contributed by atoms with van der Waals surface area (Å²) in [7, 11) is 0. The van der Waals surface area contributed by atoms with Crippen molar-refractivity contribution in [3.8, 4) is 0 Å². The van der Waals surface area contributed by atoms with Crippen LogP contribution in [0, 0.1) is 6.92 Å². The molecule has 2 nitrogen and oxygen atoms in total. The van der Waals surface area contributed by atoms with E-state index in [4.69, 9.17) is 17.3 Å². The zero-order valence-corrected chi connectivity index (χ0v) is 10.1. The number of nitrogens with two attached hydrogens (primary N) is 1. The average molecular weight is 227 g/mol. The maximum absolute atomic E-state index is 6.13. The van der Waals surface area contributed by atoms with Gasteiger partial charge >= 0.3 is 0 Å². The Labute approximate surface area is 96.8 Å². The Hall–Kier alpha value is -0.570. The molecule has 1 aromatic rings. The Morgan fingerprint density at radius 2 is 2.20 bits per heavy atom. The van der Waals surface area contributed by atoms with Crippen LogP contribution in [0.2, 0.25) is 5.02 Å². The summed E-state index contributed by atoms with van der Waals surface area (Å²) in [6.07, 6.45) is 0.990. The molecule has 0 aliphatic rings. The molecule has 15 heavy (non-hydrogen) atoms. The summed E-state index contributed by atoms with van der Waals surface area (Å²) in [5.74, 6) is 0. The Morgan fingerprint density at radius 1 is 1.47 bits per heavy atom. The Bertz CT molecular complexity index is 312. The van der Waals surface area contributed by atoms with E-state index in [9.17, 15) is 0 Å². The number of rotatable bonds is 5. The topological polar surface area (TPSA) is 38.0 Å². The average Bonchev–Trinajstić information content (AvgIpc) is 2.17. The second-order valence-corrected chi connectivity index (χ2v) is 4.36. The fourth-order valence-corrected chi connectivity index (χ4v) is 1.73. The van der Waals surface area contributed by atoms with E-state index < -0.39 is 0 Å². The molecule has 1 aromatic carbocycles. The number of halogens is 1. The van der Waals surface area contributed by atoms with Crippen LogP contribution in [0.15, 0.2) is 18.2 Å². The SMILES string of the molecule is Cc1ccc(CNC(C)CCN)c(Cl)c1. The van der Waals surface area contributed by atoms with Gasteiger partial charge in [0.15, 0.2) is 0 Å². The zero-order chi connectivity index (χ0) is 11.3. The fourth-order valence-electron chi connectivity index (χ4n) is 1.43. The molecule has 1 atom stereocenters. The predicted octanol–water partition coefficient (Wildman–Crippen LogP) is 2.48. The molecule has 0 aliphatic heterocycles. The van der Waals surface area contributed by atoms with Gasteiger partial charge in [0, 0.05) is 17.6 Å². The number of hydrogen-bond donors (Lipinski definition) is 2. The van der Waals surface area contributed by atoms with Gasteiger partial charge in [-0.05, 0) is 44.0 Å². The maximum Gasteiger partial charge on any atom is 0.0453 e. The second-order valence-electron chi connectivity index (χ2n) is 3.95. The molecule has 1 unspecified atom stereocenters. The third kappa shape index (κ3) is 4.20. The van der Waals surface area contributed by atoms with Crippen LogP contribution >= 0.6 is 11.6 Å². The smallest absolute Gasteiger partial charge is 0.0453 e. The van der Waals surface area contributed by atoms with Gasteiger partial charge in [-0.25, -0.2) is 0 Å². The van der Waals surface area contributed by atoms with Crippen molar-refractivity contribution in [3.63, 3.8) is 0 Å². The van der Waals surface area contributed by atoms with Crippen LogP contribution in [0.3, 0.4) is 0 Å². The van der Waals surface area contributed by atoms with Gasteiger partial charge in [-0.3, -0.25) is 0 Å². The molecule has 0 radical (unpaired) electrons. The molecular weight excluding hydrogens is 208 g/mol. The third-order valence-corrected chi connectivity index (χ3v) is 2.80. The highest BCUT2D eigenvalue weighted by atomic mass is 35.5. The van der Waals surface area contributed by atoms with Crippen LogP contribution in [0.1, 0.15) is 24.5 Å². The van der Waals surface area contributed by atoms with Crippen LogP contribution in [0.4, 0.5) is 0 Å². The third-order valence-electron chi connectivity index (χ3n) is 2.45. The first kappa shape index (κ1) is 12.5. The molecule has 3 heteroatoms. The largest absolute Gasteiger partial charge is 0.330 e. The zero-order valence-electron chi connectivity index (χ0n) is 9.39. The normalized spacial score (nSPS) is 12.8. The van der Waals surface area contributed by atoms with Gasteiger partial charge < -0.3 is 11.1 Å². The van der Waals surface area contributed by atoms with E-state index >= 15 is 0 Å². The molecular formula is C12H19ClN2. The van der Waals surface area contributed by atoms with Crippen molar-refractivity contribution in [1.82, 2.24) is 5.32 Å². The summed E-state index contributed by atoms with van der Waals surface area (Å²) >= 11 is 6.13. The van der Waals surface area contributed by atoms with Crippen molar-refractivity contribution in [2.75, 3.05) is 6.54 Å². The van der Waals surface area contributed by atoms with Crippen LogP contribution < -0.4 is 11.1 Å². The first-order valence-corrected chi connectivity index (χ1v) is 5.69. The van der Waals surface area contributed by atoms with E-state index in [2.05, 4.69) is 24.4 Å². The minimum absolute atomic E-state index is 0.437. The molecule has 0 bridgehead atoms. The number of hydrogen-bond acceptors (Lipinski definition) is 2. The van der Waals surface area contributed by atoms with Gasteiger partial charge in [-0.15, -0.1) is 0 Å². The lowest BCUT2D eigenvalue weighted by Crippen LogP contribution is -2.27. The van der Waals surface area contributed by atoms with E-state index in [1.165, 1.54) is 5.56 Å². The first-order valence-electron chi connectivity index (χ1n) is 5.32. The van der Waals surface area contributed by atoms with Crippen LogP contribution in [-0.4, -0.2) is 12.6 Å². The molecule has 3 N–H and O–H groups in total. The summed E-state index contributed by atoms with van der Waals surface area (Å²) in [6, 6.07) is 6.58. The summed E-state index contributed by atoms with van der Waals surface area (Å²) in [4.78, 5) is 0. The van der Waals surface area contributed by atoms with Gasteiger partial charge in [0.05, 0.1) is 0 Å². The predicted molar refractivity (Wildman–Crippen MR) is 66.2 cm³/mol. The second kappa shape index (κ2) is 6.11. The van der Waals surface area contributed by atoms with Gasteiger partial charge in [-0.2, -0.15) is 0 Å². The molecule has 0 fully saturated rings. The van der Waals surface area contributed by atoms with E-state index in [0.717, 1.165) is 30.1 Å². The van der Waals surface area contributed by atoms with E-state index in [1.54, 1.807) is 0 Å². The van der Waals surface area contributed by atoms with Crippen molar-refractivity contribution in [1.29, 1.82) is 0 Å². The standard InChI is InChI=1S/C12H19ClN2/c1-9-3-4-11(12(13)7-9)8-15-10(2)5-6-14/h3-4,7,10,15H,5-6,8,14H2,1-2H3. The van der Waals surface area contributed by atoms with Crippen molar-refractivity contribution >= 4 is 11.6 Å². The Balaban J connectivity index is 2.50. The summed E-state index contributed by atoms with van der Waals surface area (Å²) in [5.41, 5.74) is 7.82. The van der Waals surface area contributed by atoms with Crippen molar-refractivity contribution in [2.24, 2.45) is 5.73 Å². The highest BCUT2D eigenvalue weighted by Gasteiger charge is 2.03. The molecule has 84 valence electrons. The molecule has 0 aliphatic carbocycles. The number of nitrogens with one attached hydrogen (secondary N) is 1. The molecule has 0 amide bonds. The lowest BCUT2D eigenvalue weighted by molar-refractivity contribution is 0.520. The lowest BCUT2D eigenvalue weighted by Gasteiger charge is -2.13. The molecule has 0 saturated carbocycles. The fraction of sp³-hybridized carbons (Fsp3) is 0.500. The molecule has 0 spiro atoms. The van der Waals surface area contributed by atoms with Gasteiger partial charge in [0.25, 0.3) is 0 Å². The maximum atomic E-state index is 6.13. The van der Waals surface area contributed by atoms with Crippen molar-refractivity contribution in [2.45, 2.75) is 32.9 Å². The van der Waals surface area contributed by atoms with Crippen molar-refractivity contribution in [3.05, 3.63) is 34.3 Å². The Morgan fingerprint density at radius 3 is 2.80 bits per heavy atom. The quantitative estimate of drug-likeness (QED) is 0.810. The van der Waals surface area contributed by atoms with Crippen LogP contribution in [-0.2, 0) is 6.54 Å². The highest BCUT2D eigenvalue weighted by Crippen LogP contribution is 2.17. The van der Waals surface area contributed by atoms with Crippen LogP contribution in [0.25, 0.3) is 0 Å². The number of benzene rings is 1. The van der Waals surface area contributed by atoms with Gasteiger partial charge in [0.1, 0.15) is 0 Å². The van der Waals surface area contributed by atoms with E-state index in [0.29, 0.717) is 6.04 Å². The minimum atomic E-state index is 0.437. The molecule has 0 saturated heterocycles. The highest BCUT2D eigenvalue weighted by molar-refractivity contribution is 6.31. The summed E-state index contributed by atoms with van der Waals surface area (Å²) in [5, 5.41) is 4.23. The number of aryl methyl sites for hydroxylation is 1. The van der Waals surface area contributed by atoms with Crippen LogP contribution in [0.5, 0.6) is 0 Å². The molecule has 0 aromatic heterocycles. The molecule has 0 heterocycles. The summed E-state index contributed by atoms with van der Waals surface area (Å²) in [6.45, 7) is 5.70. The molecule has 1 rings (SSSR count). The minimum Gasteiger partial charge on any atom is -0.330 e. The Kier molecular flexibility index (Phi) is 5.09. The summed E-state index contributed by atoms with van der Waals surface area (Å²) < 4.78 is 0.